The van der Waals surface area contributed by atoms with E-state index in [0.29, 0.717) is 0 Å². The number of rotatable bonds is 9. The number of hydrogen-bond donors (Lipinski definition) is 11. The first-order valence-electron chi connectivity index (χ1n) is 12.7. The van der Waals surface area contributed by atoms with E-state index in [1.54, 1.807) is 0 Å². The Kier molecular flexibility index (Phi) is 11.5. The second-order valence-corrected chi connectivity index (χ2v) is 9.98. The molecule has 18 nitrogen and oxygen atoms in total. The summed E-state index contributed by atoms with van der Waals surface area (Å²) < 4.78 is 28.2. The Balaban J connectivity index is 1.78. The maximum atomic E-state index is 11.7. The highest BCUT2D eigenvalue weighted by Crippen LogP contribution is 2.31. The number of quaternary nitrogens is 1. The van der Waals surface area contributed by atoms with Gasteiger partial charge in [-0.15, -0.1) is 0 Å². The average molecular weight is 587 g/mol. The molecule has 2 amide bonds. The zero-order valence-electron chi connectivity index (χ0n) is 21.9. The summed E-state index contributed by atoms with van der Waals surface area (Å²) in [5.74, 6) is -1.19. The molecule has 0 aliphatic carbocycles. The number of aliphatic hydroxyl groups excluding tert-OH is 8. The van der Waals surface area contributed by atoms with Crippen molar-refractivity contribution in [2.24, 2.45) is 0 Å². The number of ether oxygens (including phenoxy) is 5. The molecule has 0 saturated carbocycles. The highest BCUT2D eigenvalue weighted by atomic mass is 16.7. The predicted molar refractivity (Wildman–Crippen MR) is 125 cm³/mol. The van der Waals surface area contributed by atoms with Crippen molar-refractivity contribution in [2.75, 3.05) is 19.8 Å². The summed E-state index contributed by atoms with van der Waals surface area (Å²) in [6.45, 7) is 0.136. The molecule has 13 N–H and O–H groups in total. The number of carbonyl (C=O) groups excluding carboxylic acids is 2. The van der Waals surface area contributed by atoms with Gasteiger partial charge in [0, 0.05) is 13.8 Å². The minimum Gasteiger partial charge on any atom is -0.394 e. The van der Waals surface area contributed by atoms with E-state index < -0.39 is 124 Å². The number of aliphatic hydroxyl groups is 8. The van der Waals surface area contributed by atoms with Gasteiger partial charge >= 0.3 is 0 Å². The first kappa shape index (κ1) is 32.9. The molecule has 15 atom stereocenters. The third kappa shape index (κ3) is 7.05. The molecular formula is C22H40N3O15+. The zero-order valence-corrected chi connectivity index (χ0v) is 21.9. The molecule has 3 rings (SSSR count). The van der Waals surface area contributed by atoms with Crippen LogP contribution in [-0.2, 0) is 33.3 Å². The molecule has 0 radical (unpaired) electrons. The van der Waals surface area contributed by atoms with Gasteiger partial charge in [0.1, 0.15) is 67.0 Å². The fraction of sp³-hybridized carbons (Fsp3) is 0.909. The van der Waals surface area contributed by atoms with E-state index in [4.69, 9.17) is 23.7 Å². The smallest absolute Gasteiger partial charge is 0.217 e. The lowest BCUT2D eigenvalue weighted by Gasteiger charge is -2.48. The molecule has 3 saturated heterocycles. The highest BCUT2D eigenvalue weighted by Gasteiger charge is 2.54. The minimum atomic E-state index is -1.67. The van der Waals surface area contributed by atoms with E-state index in [0.717, 1.165) is 13.8 Å². The van der Waals surface area contributed by atoms with Crippen LogP contribution >= 0.6 is 0 Å². The van der Waals surface area contributed by atoms with Gasteiger partial charge in [-0.1, -0.05) is 0 Å². The summed E-state index contributed by atoms with van der Waals surface area (Å²) >= 11 is 0. The molecule has 1 unspecified atom stereocenters. The largest absolute Gasteiger partial charge is 0.394 e. The van der Waals surface area contributed by atoms with E-state index >= 15 is 0 Å². The molecule has 0 aromatic carbocycles. The number of nitrogens with one attached hydrogen (secondary N) is 2. The van der Waals surface area contributed by atoms with Gasteiger partial charge in [-0.25, -0.2) is 0 Å². The third-order valence-corrected chi connectivity index (χ3v) is 7.06. The first-order chi connectivity index (χ1) is 18.8. The Hall–Kier alpha value is -1.62. The molecule has 3 aliphatic rings. The van der Waals surface area contributed by atoms with Gasteiger partial charge in [0.15, 0.2) is 18.6 Å². The summed E-state index contributed by atoms with van der Waals surface area (Å²) in [6, 6.07) is -3.85. The summed E-state index contributed by atoms with van der Waals surface area (Å²) in [5.41, 5.74) is 3.82. The van der Waals surface area contributed by atoms with E-state index in [-0.39, 0.29) is 0 Å². The predicted octanol–water partition coefficient (Wildman–Crippen LogP) is -8.04. The maximum absolute atomic E-state index is 11.7. The van der Waals surface area contributed by atoms with Crippen LogP contribution in [0.2, 0.25) is 0 Å². The van der Waals surface area contributed by atoms with Gasteiger partial charge in [0.05, 0.1) is 19.8 Å². The fourth-order valence-electron chi connectivity index (χ4n) is 4.96. The number of amides is 2. The van der Waals surface area contributed by atoms with Crippen molar-refractivity contribution in [2.45, 2.75) is 106 Å². The van der Waals surface area contributed by atoms with Gasteiger partial charge in [-0.2, -0.15) is 0 Å². The summed E-state index contributed by atoms with van der Waals surface area (Å²) in [6.07, 6.45) is -17.7. The fourth-order valence-corrected chi connectivity index (χ4v) is 4.96. The number of carbonyl (C=O) groups is 2. The van der Waals surface area contributed by atoms with E-state index in [1.807, 2.05) is 0 Å². The molecule has 0 aromatic rings. The van der Waals surface area contributed by atoms with E-state index in [9.17, 15) is 50.4 Å². The van der Waals surface area contributed by atoms with Crippen LogP contribution in [0.15, 0.2) is 0 Å². The lowest BCUT2D eigenvalue weighted by Crippen LogP contribution is -2.79. The molecule has 40 heavy (non-hydrogen) atoms. The maximum Gasteiger partial charge on any atom is 0.217 e. The first-order valence-corrected chi connectivity index (χ1v) is 12.7. The average Bonchev–Trinajstić information content (AvgIpc) is 2.90. The Morgan fingerprint density at radius 2 is 1.15 bits per heavy atom. The standard InChI is InChI=1S/C22H39N3O15/c1-6(29)24-12-17(34)19(9(4-27)36-20(12)35)39-21-11(23)15(32)18(10(5-28)38-21)40-22-13(25-7(2)30)16(33)14(31)8(3-26)37-22/h8-22,26-28,31-35H,3-5,23H2,1-2H3,(H,24,29)(H,25,30)/p+1/t8-,9-,10-,11-,12-,13-,14-,15-,16-,17-,18-,19-,20?,21+,22+/m1/s1. The van der Waals surface area contributed by atoms with Gasteiger partial charge in [0.2, 0.25) is 18.1 Å². The van der Waals surface area contributed by atoms with Crippen LogP contribution in [0.5, 0.6) is 0 Å². The lowest BCUT2D eigenvalue weighted by atomic mass is 9.94. The van der Waals surface area contributed by atoms with Crippen LogP contribution in [0.3, 0.4) is 0 Å². The molecule has 232 valence electrons. The van der Waals surface area contributed by atoms with Crippen molar-refractivity contribution in [1.29, 1.82) is 0 Å². The Morgan fingerprint density at radius 3 is 1.70 bits per heavy atom. The molecule has 0 aromatic heterocycles. The third-order valence-electron chi connectivity index (χ3n) is 7.06. The lowest BCUT2D eigenvalue weighted by molar-refractivity contribution is -0.510. The second kappa shape index (κ2) is 14.0. The van der Waals surface area contributed by atoms with Crippen molar-refractivity contribution in [3.8, 4) is 0 Å². The highest BCUT2D eigenvalue weighted by molar-refractivity contribution is 5.73. The molecule has 0 bridgehead atoms. The molecule has 3 heterocycles. The van der Waals surface area contributed by atoms with Crippen molar-refractivity contribution >= 4 is 11.8 Å². The topological polar surface area (TPSA) is 294 Å². The van der Waals surface area contributed by atoms with Crippen LogP contribution in [0, 0.1) is 0 Å². The molecule has 0 spiro atoms. The Morgan fingerprint density at radius 1 is 0.675 bits per heavy atom. The van der Waals surface area contributed by atoms with Crippen LogP contribution < -0.4 is 16.4 Å². The Labute approximate surface area is 228 Å². The molecule has 18 heteroatoms. The van der Waals surface area contributed by atoms with E-state index in [1.165, 1.54) is 0 Å². The van der Waals surface area contributed by atoms with Crippen molar-refractivity contribution in [3.63, 3.8) is 0 Å². The summed E-state index contributed by atoms with van der Waals surface area (Å²) in [4.78, 5) is 23.2. The summed E-state index contributed by atoms with van der Waals surface area (Å²) in [7, 11) is 0. The molecule has 3 fully saturated rings. The second-order valence-electron chi connectivity index (χ2n) is 9.98. The van der Waals surface area contributed by atoms with Gasteiger partial charge in [-0.3, -0.25) is 9.59 Å². The zero-order chi connectivity index (χ0) is 29.9. The summed E-state index contributed by atoms with van der Waals surface area (Å²) in [5, 5.41) is 86.7. The van der Waals surface area contributed by atoms with E-state index in [2.05, 4.69) is 16.4 Å². The van der Waals surface area contributed by atoms with Crippen molar-refractivity contribution < 1.29 is 79.9 Å². The van der Waals surface area contributed by atoms with Gasteiger partial charge in [-0.05, 0) is 0 Å². The van der Waals surface area contributed by atoms with Gasteiger partial charge in [0.25, 0.3) is 0 Å². The molecular weight excluding hydrogens is 546 g/mol. The van der Waals surface area contributed by atoms with Crippen LogP contribution in [0.1, 0.15) is 13.8 Å². The van der Waals surface area contributed by atoms with Crippen LogP contribution in [-0.4, -0.2) is 164 Å². The number of hydrogen-bond acceptors (Lipinski definition) is 15. The van der Waals surface area contributed by atoms with Crippen molar-refractivity contribution in [1.82, 2.24) is 10.6 Å². The van der Waals surface area contributed by atoms with Gasteiger partial charge < -0.3 is 80.9 Å². The quantitative estimate of drug-likeness (QED) is 0.120. The minimum absolute atomic E-state index is 0.587. The Bertz CT molecular complexity index is 854. The van der Waals surface area contributed by atoms with Crippen LogP contribution in [0.25, 0.3) is 0 Å². The normalized spacial score (nSPS) is 46.0. The molecule has 3 aliphatic heterocycles. The van der Waals surface area contributed by atoms with Crippen molar-refractivity contribution in [3.05, 3.63) is 0 Å². The SMILES string of the molecule is CC(=O)N[C@H]1[C@H](O[C@H]2[C@H](O)[C@@H]([NH3+])[C@H](O[C@H]3[C@H](O)[C@@H](NC(C)=O)C(O)O[C@@H]3CO)O[C@@H]2CO)O[C@H](CO)[C@@H](O)[C@@H]1O. The van der Waals surface area contributed by atoms with Crippen LogP contribution in [0.4, 0.5) is 0 Å². The monoisotopic (exact) mass is 586 g/mol.